The molecule has 0 radical (unpaired) electrons. The van der Waals surface area contributed by atoms with Crippen LogP contribution in [0, 0.1) is 5.82 Å². The molecule has 0 amide bonds. The molecule has 0 spiro atoms. The fourth-order valence-corrected chi connectivity index (χ4v) is 2.82. The van der Waals surface area contributed by atoms with Gasteiger partial charge in [-0.15, -0.1) is 0 Å². The molecule has 0 saturated carbocycles. The highest BCUT2D eigenvalue weighted by Gasteiger charge is 2.52. The molecule has 1 fully saturated rings. The van der Waals surface area contributed by atoms with Gasteiger partial charge in [0.25, 0.3) is 0 Å². The van der Waals surface area contributed by atoms with Crippen molar-refractivity contribution in [1.82, 2.24) is 0 Å². The minimum atomic E-state index is -0.636. The van der Waals surface area contributed by atoms with Gasteiger partial charge < -0.3 is 15.0 Å². The second kappa shape index (κ2) is 6.90. The first-order valence-corrected chi connectivity index (χ1v) is 8.75. The van der Waals surface area contributed by atoms with Crippen molar-refractivity contribution in [3.8, 4) is 0 Å². The van der Waals surface area contributed by atoms with Gasteiger partial charge in [0.05, 0.1) is 11.2 Å². The molecule has 4 nitrogen and oxygen atoms in total. The third kappa shape index (κ3) is 4.20. The predicted molar refractivity (Wildman–Crippen MR) is 98.0 cm³/mol. The van der Waals surface area contributed by atoms with Crippen LogP contribution < -0.4 is 5.73 Å². The molecule has 1 aromatic rings. The summed E-state index contributed by atoms with van der Waals surface area (Å²) in [5.74, 6) is -0.0218. The van der Waals surface area contributed by atoms with Crippen molar-refractivity contribution >= 4 is 35.8 Å². The van der Waals surface area contributed by atoms with E-state index in [4.69, 9.17) is 15.0 Å². The molecule has 1 heterocycles. The Kier molecular flexibility index (Phi) is 5.47. The van der Waals surface area contributed by atoms with Crippen LogP contribution in [-0.4, -0.2) is 29.2 Å². The maximum Gasteiger partial charge on any atom is 0.491 e. The highest BCUT2D eigenvalue weighted by atomic mass is 32.2. The third-order valence-electron chi connectivity index (χ3n) is 4.36. The topological polar surface area (TPSA) is 61.6 Å². The van der Waals surface area contributed by atoms with Crippen molar-refractivity contribution in [3.05, 3.63) is 35.1 Å². The lowest BCUT2D eigenvalue weighted by Gasteiger charge is -2.32. The second-order valence-electron chi connectivity index (χ2n) is 6.87. The van der Waals surface area contributed by atoms with Gasteiger partial charge in [-0.3, -0.25) is 4.79 Å². The fourth-order valence-electron chi connectivity index (χ4n) is 2.23. The van der Waals surface area contributed by atoms with Crippen LogP contribution in [0.15, 0.2) is 23.7 Å². The Balaban J connectivity index is 2.37. The summed E-state index contributed by atoms with van der Waals surface area (Å²) in [5.41, 5.74) is 6.24. The molecule has 0 unspecified atom stereocenters. The van der Waals surface area contributed by atoms with Crippen molar-refractivity contribution in [3.63, 3.8) is 0 Å². The molecule has 0 bridgehead atoms. The van der Waals surface area contributed by atoms with Gasteiger partial charge in [-0.2, -0.15) is 0 Å². The van der Waals surface area contributed by atoms with Crippen LogP contribution in [0.2, 0.25) is 0 Å². The van der Waals surface area contributed by atoms with Gasteiger partial charge in [-0.25, -0.2) is 4.39 Å². The Morgan fingerprint density at radius 1 is 1.29 bits per heavy atom. The van der Waals surface area contributed by atoms with Crippen molar-refractivity contribution in [2.24, 2.45) is 0 Å². The van der Waals surface area contributed by atoms with E-state index >= 15 is 0 Å². The molecule has 0 atom stereocenters. The SMILES string of the molecule is CC(=O)SCC(=Cc1cc(N)ccc1F)B1OC(C)(C)C(C)(C)O1. The van der Waals surface area contributed by atoms with E-state index in [1.54, 1.807) is 12.1 Å². The molecule has 2 N–H and O–H groups in total. The monoisotopic (exact) mass is 351 g/mol. The van der Waals surface area contributed by atoms with Crippen molar-refractivity contribution in [1.29, 1.82) is 0 Å². The molecule has 1 saturated heterocycles. The summed E-state index contributed by atoms with van der Waals surface area (Å²) in [6.45, 7) is 9.29. The summed E-state index contributed by atoms with van der Waals surface area (Å²) >= 11 is 1.13. The molecule has 130 valence electrons. The summed E-state index contributed by atoms with van der Waals surface area (Å²) in [7, 11) is -0.636. The van der Waals surface area contributed by atoms with Gasteiger partial charge in [0.15, 0.2) is 5.12 Å². The highest BCUT2D eigenvalue weighted by Crippen LogP contribution is 2.39. The predicted octanol–water partition coefficient (Wildman–Crippen LogP) is 3.70. The molecule has 0 aromatic heterocycles. The van der Waals surface area contributed by atoms with Crippen LogP contribution in [-0.2, 0) is 14.1 Å². The van der Waals surface area contributed by atoms with E-state index in [0.29, 0.717) is 22.5 Å². The van der Waals surface area contributed by atoms with Crippen LogP contribution >= 0.6 is 11.8 Å². The standard InChI is InChI=1S/C17H23BFNO3S/c1-11(21)24-10-13(8-12-9-14(20)6-7-15(12)19)18-22-16(2,3)17(4,5)23-18/h6-9H,10,20H2,1-5H3. The van der Waals surface area contributed by atoms with Crippen LogP contribution in [0.3, 0.4) is 0 Å². The minimum absolute atomic E-state index is 0.0227. The highest BCUT2D eigenvalue weighted by molar-refractivity contribution is 8.13. The number of rotatable bonds is 4. The fraction of sp³-hybridized carbons (Fsp3) is 0.471. The average molecular weight is 351 g/mol. The summed E-state index contributed by atoms with van der Waals surface area (Å²) in [4.78, 5) is 11.4. The molecular weight excluding hydrogens is 328 g/mol. The molecular formula is C17H23BFNO3S. The molecule has 1 aliphatic rings. The van der Waals surface area contributed by atoms with Crippen LogP contribution in [0.5, 0.6) is 0 Å². The number of hydrogen-bond donors (Lipinski definition) is 1. The number of carbonyl (C=O) groups is 1. The summed E-state index contributed by atoms with van der Waals surface area (Å²) in [6.07, 6.45) is 1.66. The molecule has 2 rings (SSSR count). The van der Waals surface area contributed by atoms with E-state index in [1.165, 1.54) is 19.1 Å². The number of nitrogen functional groups attached to an aromatic ring is 1. The Hall–Kier alpha value is -1.31. The Morgan fingerprint density at radius 3 is 2.42 bits per heavy atom. The Morgan fingerprint density at radius 2 is 1.88 bits per heavy atom. The van der Waals surface area contributed by atoms with Gasteiger partial charge in [-0.05, 0) is 51.4 Å². The van der Waals surface area contributed by atoms with Gasteiger partial charge in [-0.1, -0.05) is 17.8 Å². The van der Waals surface area contributed by atoms with E-state index in [2.05, 4.69) is 0 Å². The lowest BCUT2D eigenvalue weighted by Crippen LogP contribution is -2.41. The zero-order valence-electron chi connectivity index (χ0n) is 14.7. The third-order valence-corrected chi connectivity index (χ3v) is 5.24. The maximum atomic E-state index is 14.1. The van der Waals surface area contributed by atoms with E-state index in [0.717, 1.165) is 11.8 Å². The summed E-state index contributed by atoms with van der Waals surface area (Å²) in [6, 6.07) is 4.38. The van der Waals surface area contributed by atoms with Crippen molar-refractivity contribution in [2.75, 3.05) is 11.5 Å². The number of anilines is 1. The number of halogens is 1. The lowest BCUT2D eigenvalue weighted by atomic mass is 9.78. The zero-order chi connectivity index (χ0) is 18.1. The Bertz CT molecular complexity index is 660. The zero-order valence-corrected chi connectivity index (χ0v) is 15.5. The van der Waals surface area contributed by atoms with E-state index < -0.39 is 18.3 Å². The largest absolute Gasteiger partial charge is 0.491 e. The first kappa shape index (κ1) is 19.0. The van der Waals surface area contributed by atoms with Gasteiger partial charge in [0.2, 0.25) is 0 Å². The molecule has 0 aliphatic carbocycles. The molecule has 1 aliphatic heterocycles. The number of nitrogens with two attached hydrogens (primary N) is 1. The van der Waals surface area contributed by atoms with E-state index in [9.17, 15) is 9.18 Å². The van der Waals surface area contributed by atoms with E-state index in [-0.39, 0.29) is 10.9 Å². The molecule has 24 heavy (non-hydrogen) atoms. The quantitative estimate of drug-likeness (QED) is 0.662. The van der Waals surface area contributed by atoms with Crippen LogP contribution in [0.25, 0.3) is 6.08 Å². The van der Waals surface area contributed by atoms with Gasteiger partial charge in [0, 0.05) is 23.9 Å². The normalized spacial score (nSPS) is 19.6. The minimum Gasteiger partial charge on any atom is -0.400 e. The first-order chi connectivity index (χ1) is 11.0. The molecule has 7 heteroatoms. The lowest BCUT2D eigenvalue weighted by molar-refractivity contribution is -0.109. The summed E-state index contributed by atoms with van der Waals surface area (Å²) < 4.78 is 26.1. The average Bonchev–Trinajstić information content (AvgIpc) is 2.66. The maximum absolute atomic E-state index is 14.1. The number of benzene rings is 1. The van der Waals surface area contributed by atoms with E-state index in [1.807, 2.05) is 27.7 Å². The van der Waals surface area contributed by atoms with Crippen LogP contribution in [0.1, 0.15) is 40.2 Å². The van der Waals surface area contributed by atoms with Crippen molar-refractivity contribution in [2.45, 2.75) is 45.8 Å². The Labute approximate surface area is 147 Å². The van der Waals surface area contributed by atoms with Crippen molar-refractivity contribution < 1.29 is 18.5 Å². The van der Waals surface area contributed by atoms with Crippen LogP contribution in [0.4, 0.5) is 10.1 Å². The number of hydrogen-bond acceptors (Lipinski definition) is 5. The number of carbonyl (C=O) groups excluding carboxylic acids is 1. The first-order valence-electron chi connectivity index (χ1n) is 7.76. The van der Waals surface area contributed by atoms with Gasteiger partial charge in [0.1, 0.15) is 5.82 Å². The smallest absolute Gasteiger partial charge is 0.400 e. The molecule has 1 aromatic carbocycles. The second-order valence-corrected chi connectivity index (χ2v) is 8.02. The number of thioether (sulfide) groups is 1. The van der Waals surface area contributed by atoms with Gasteiger partial charge >= 0.3 is 7.12 Å². The summed E-state index contributed by atoms with van der Waals surface area (Å²) in [5, 5.41) is -0.0227.